The zero-order valence-corrected chi connectivity index (χ0v) is 8.79. The summed E-state index contributed by atoms with van der Waals surface area (Å²) >= 11 is 0. The highest BCUT2D eigenvalue weighted by atomic mass is 16.5. The van der Waals surface area contributed by atoms with Crippen LogP contribution in [-0.4, -0.2) is 24.2 Å². The molecule has 14 heavy (non-hydrogen) atoms. The van der Waals surface area contributed by atoms with Crippen molar-refractivity contribution >= 4 is 5.97 Å². The molecule has 0 radical (unpaired) electrons. The van der Waals surface area contributed by atoms with Crippen LogP contribution in [0, 0.1) is 0 Å². The van der Waals surface area contributed by atoms with E-state index in [0.717, 1.165) is 25.7 Å². The van der Waals surface area contributed by atoms with Gasteiger partial charge in [-0.05, 0) is 32.6 Å². The van der Waals surface area contributed by atoms with E-state index < -0.39 is 0 Å². The molecule has 1 fully saturated rings. The minimum atomic E-state index is -0.373. The van der Waals surface area contributed by atoms with E-state index in [1.165, 1.54) is 0 Å². The minimum absolute atomic E-state index is 0.189. The van der Waals surface area contributed by atoms with Crippen molar-refractivity contribution in [2.24, 2.45) is 11.5 Å². The lowest BCUT2D eigenvalue weighted by atomic mass is 9.78. The molecule has 0 atom stereocenters. The average Bonchev–Trinajstić information content (AvgIpc) is 2.11. The van der Waals surface area contributed by atoms with E-state index >= 15 is 0 Å². The fourth-order valence-electron chi connectivity index (χ4n) is 1.89. The Morgan fingerprint density at radius 1 is 1.50 bits per heavy atom. The van der Waals surface area contributed by atoms with Crippen molar-refractivity contribution in [3.8, 4) is 0 Å². The van der Waals surface area contributed by atoms with Gasteiger partial charge in [0.2, 0.25) is 0 Å². The standard InChI is InChI=1S/C10H20N2O2/c1-2-14-9(13)7-10(12)5-3-8(11)4-6-10/h8H,2-7,11-12H2,1H3. The average molecular weight is 200 g/mol. The molecule has 0 aromatic carbocycles. The second-order valence-corrected chi connectivity index (χ2v) is 4.18. The summed E-state index contributed by atoms with van der Waals surface area (Å²) in [6.07, 6.45) is 3.80. The molecule has 1 aliphatic carbocycles. The quantitative estimate of drug-likeness (QED) is 0.652. The summed E-state index contributed by atoms with van der Waals surface area (Å²) in [7, 11) is 0. The topological polar surface area (TPSA) is 78.3 Å². The highest BCUT2D eigenvalue weighted by Crippen LogP contribution is 2.28. The molecule has 0 amide bonds. The minimum Gasteiger partial charge on any atom is -0.466 e. The molecule has 0 aromatic heterocycles. The van der Waals surface area contributed by atoms with Gasteiger partial charge in [0.25, 0.3) is 0 Å². The van der Waals surface area contributed by atoms with Crippen LogP contribution >= 0.6 is 0 Å². The van der Waals surface area contributed by atoms with Gasteiger partial charge in [-0.15, -0.1) is 0 Å². The predicted molar refractivity (Wildman–Crippen MR) is 54.6 cm³/mol. The van der Waals surface area contributed by atoms with Crippen LogP contribution in [0.4, 0.5) is 0 Å². The Hall–Kier alpha value is -0.610. The first-order valence-corrected chi connectivity index (χ1v) is 5.26. The van der Waals surface area contributed by atoms with Gasteiger partial charge in [-0.3, -0.25) is 4.79 Å². The van der Waals surface area contributed by atoms with Crippen LogP contribution in [0.15, 0.2) is 0 Å². The van der Waals surface area contributed by atoms with E-state index in [0.29, 0.717) is 13.0 Å². The van der Waals surface area contributed by atoms with Crippen LogP contribution in [0.3, 0.4) is 0 Å². The predicted octanol–water partition coefficient (Wildman–Crippen LogP) is 0.538. The van der Waals surface area contributed by atoms with Crippen LogP contribution in [0.5, 0.6) is 0 Å². The van der Waals surface area contributed by atoms with Crippen LogP contribution in [0.25, 0.3) is 0 Å². The number of carbonyl (C=O) groups is 1. The van der Waals surface area contributed by atoms with Crippen LogP contribution in [-0.2, 0) is 9.53 Å². The van der Waals surface area contributed by atoms with E-state index in [-0.39, 0.29) is 17.6 Å². The second kappa shape index (κ2) is 4.75. The van der Waals surface area contributed by atoms with E-state index in [9.17, 15) is 4.79 Å². The van der Waals surface area contributed by atoms with Gasteiger partial charge in [-0.25, -0.2) is 0 Å². The molecule has 4 nitrogen and oxygen atoms in total. The molecule has 0 saturated heterocycles. The normalized spacial score (nSPS) is 32.6. The maximum Gasteiger partial charge on any atom is 0.307 e. The highest BCUT2D eigenvalue weighted by molar-refractivity contribution is 5.70. The smallest absolute Gasteiger partial charge is 0.307 e. The van der Waals surface area contributed by atoms with Crippen LogP contribution < -0.4 is 11.5 Å². The summed E-state index contributed by atoms with van der Waals surface area (Å²) in [5, 5.41) is 0. The van der Waals surface area contributed by atoms with Gasteiger partial charge in [0.05, 0.1) is 13.0 Å². The van der Waals surface area contributed by atoms with Gasteiger partial charge in [-0.2, -0.15) is 0 Å². The Morgan fingerprint density at radius 3 is 2.57 bits per heavy atom. The summed E-state index contributed by atoms with van der Waals surface area (Å²) < 4.78 is 4.89. The molecule has 4 heteroatoms. The largest absolute Gasteiger partial charge is 0.466 e. The van der Waals surface area contributed by atoms with Crippen molar-refractivity contribution in [2.75, 3.05) is 6.61 Å². The maximum absolute atomic E-state index is 11.3. The molecule has 4 N–H and O–H groups in total. The van der Waals surface area contributed by atoms with E-state index in [1.54, 1.807) is 6.92 Å². The second-order valence-electron chi connectivity index (χ2n) is 4.18. The molecule has 0 spiro atoms. The zero-order chi connectivity index (χ0) is 10.6. The third kappa shape index (κ3) is 3.27. The Kier molecular flexibility index (Phi) is 3.89. The number of carbonyl (C=O) groups excluding carboxylic acids is 1. The van der Waals surface area contributed by atoms with Crippen molar-refractivity contribution in [1.29, 1.82) is 0 Å². The molecular weight excluding hydrogens is 180 g/mol. The lowest BCUT2D eigenvalue weighted by Gasteiger charge is -2.35. The molecule has 82 valence electrons. The van der Waals surface area contributed by atoms with Crippen LogP contribution in [0.1, 0.15) is 39.0 Å². The highest BCUT2D eigenvalue weighted by Gasteiger charge is 2.32. The maximum atomic E-state index is 11.3. The number of rotatable bonds is 3. The van der Waals surface area contributed by atoms with Gasteiger partial charge in [0, 0.05) is 11.6 Å². The lowest BCUT2D eigenvalue weighted by Crippen LogP contribution is -2.47. The number of ether oxygens (including phenoxy) is 1. The van der Waals surface area contributed by atoms with Crippen molar-refractivity contribution < 1.29 is 9.53 Å². The SMILES string of the molecule is CCOC(=O)CC1(N)CCC(N)CC1. The summed E-state index contributed by atoms with van der Waals surface area (Å²) in [5.41, 5.74) is 11.5. The summed E-state index contributed by atoms with van der Waals surface area (Å²) in [6, 6.07) is 0.258. The molecular formula is C10H20N2O2. The first-order valence-electron chi connectivity index (χ1n) is 5.26. The number of hydrogen-bond donors (Lipinski definition) is 2. The van der Waals surface area contributed by atoms with Crippen molar-refractivity contribution in [3.63, 3.8) is 0 Å². The lowest BCUT2D eigenvalue weighted by molar-refractivity contribution is -0.144. The van der Waals surface area contributed by atoms with E-state index in [2.05, 4.69) is 0 Å². The first kappa shape index (κ1) is 11.5. The van der Waals surface area contributed by atoms with E-state index in [4.69, 9.17) is 16.2 Å². The monoisotopic (exact) mass is 200 g/mol. The van der Waals surface area contributed by atoms with Crippen molar-refractivity contribution in [3.05, 3.63) is 0 Å². The molecule has 1 rings (SSSR count). The molecule has 0 unspecified atom stereocenters. The van der Waals surface area contributed by atoms with Gasteiger partial charge >= 0.3 is 5.97 Å². The fourth-order valence-corrected chi connectivity index (χ4v) is 1.89. The number of nitrogens with two attached hydrogens (primary N) is 2. The molecule has 1 saturated carbocycles. The first-order chi connectivity index (χ1) is 6.56. The molecule has 0 bridgehead atoms. The Morgan fingerprint density at radius 2 is 2.07 bits per heavy atom. The van der Waals surface area contributed by atoms with Gasteiger partial charge in [0.15, 0.2) is 0 Å². The van der Waals surface area contributed by atoms with Gasteiger partial charge in [-0.1, -0.05) is 0 Å². The molecule has 0 heterocycles. The van der Waals surface area contributed by atoms with E-state index in [1.807, 2.05) is 0 Å². The molecule has 0 aliphatic heterocycles. The number of esters is 1. The fraction of sp³-hybridized carbons (Fsp3) is 0.900. The Bertz CT molecular complexity index is 198. The summed E-state index contributed by atoms with van der Waals surface area (Å²) in [6.45, 7) is 2.23. The summed E-state index contributed by atoms with van der Waals surface area (Å²) in [5.74, 6) is -0.189. The Labute approximate surface area is 85.0 Å². The van der Waals surface area contributed by atoms with Gasteiger partial charge in [0.1, 0.15) is 0 Å². The molecule has 1 aliphatic rings. The van der Waals surface area contributed by atoms with Crippen LogP contribution in [0.2, 0.25) is 0 Å². The summed E-state index contributed by atoms with van der Waals surface area (Å²) in [4.78, 5) is 11.3. The third-order valence-corrected chi connectivity index (χ3v) is 2.83. The van der Waals surface area contributed by atoms with Crippen molar-refractivity contribution in [1.82, 2.24) is 0 Å². The Balaban J connectivity index is 2.38. The van der Waals surface area contributed by atoms with Gasteiger partial charge < -0.3 is 16.2 Å². The molecule has 0 aromatic rings. The number of hydrogen-bond acceptors (Lipinski definition) is 4. The third-order valence-electron chi connectivity index (χ3n) is 2.83. The van der Waals surface area contributed by atoms with Crippen molar-refractivity contribution in [2.45, 2.75) is 50.6 Å². The zero-order valence-electron chi connectivity index (χ0n) is 8.79.